The van der Waals surface area contributed by atoms with Crippen molar-refractivity contribution in [2.24, 2.45) is 0 Å². The lowest BCUT2D eigenvalue weighted by Gasteiger charge is -2.34. The molecule has 1 aliphatic carbocycles. The van der Waals surface area contributed by atoms with Crippen molar-refractivity contribution >= 4 is 5.57 Å². The third kappa shape index (κ3) is 3.66. The van der Waals surface area contributed by atoms with Crippen LogP contribution in [0.3, 0.4) is 0 Å². The van der Waals surface area contributed by atoms with Crippen molar-refractivity contribution in [2.45, 2.75) is 37.7 Å². The zero-order chi connectivity index (χ0) is 17.7. The molecule has 0 aromatic heterocycles. The average Bonchev–Trinajstić information content (AvgIpc) is 3.08. The highest BCUT2D eigenvalue weighted by atomic mass is 16.5. The number of allylic oxidation sites excluding steroid dienone is 1. The van der Waals surface area contributed by atoms with Gasteiger partial charge in [0, 0.05) is 11.1 Å². The summed E-state index contributed by atoms with van der Waals surface area (Å²) in [6, 6.07) is 20.6. The summed E-state index contributed by atoms with van der Waals surface area (Å²) in [6.07, 6.45) is 10.6. The SMILES string of the molecule is C(#Cc1ccccc1)/C(=C/C1=CCOC12CCCCC2)c1ccccc1. The summed E-state index contributed by atoms with van der Waals surface area (Å²) in [5, 5.41) is 0. The van der Waals surface area contributed by atoms with Crippen molar-refractivity contribution in [3.05, 3.63) is 89.5 Å². The molecule has 130 valence electrons. The van der Waals surface area contributed by atoms with Crippen LogP contribution in [-0.2, 0) is 4.74 Å². The van der Waals surface area contributed by atoms with Gasteiger partial charge in [0.1, 0.15) is 0 Å². The Morgan fingerprint density at radius 2 is 1.58 bits per heavy atom. The van der Waals surface area contributed by atoms with E-state index in [-0.39, 0.29) is 5.60 Å². The van der Waals surface area contributed by atoms with Crippen molar-refractivity contribution < 1.29 is 4.74 Å². The number of hydrogen-bond acceptors (Lipinski definition) is 1. The zero-order valence-electron chi connectivity index (χ0n) is 15.1. The smallest absolute Gasteiger partial charge is 0.0933 e. The normalized spacial score (nSPS) is 18.9. The Morgan fingerprint density at radius 1 is 0.885 bits per heavy atom. The first-order chi connectivity index (χ1) is 12.9. The van der Waals surface area contributed by atoms with E-state index in [1.54, 1.807) is 0 Å². The lowest BCUT2D eigenvalue weighted by Crippen LogP contribution is -2.33. The molecule has 0 N–H and O–H groups in total. The van der Waals surface area contributed by atoms with Crippen LogP contribution < -0.4 is 0 Å². The number of benzene rings is 2. The van der Waals surface area contributed by atoms with Crippen LogP contribution in [0, 0.1) is 11.8 Å². The first kappa shape index (κ1) is 16.9. The Morgan fingerprint density at radius 3 is 2.31 bits per heavy atom. The van der Waals surface area contributed by atoms with E-state index in [1.807, 2.05) is 24.3 Å². The molecule has 0 bridgehead atoms. The molecular weight excluding hydrogens is 316 g/mol. The molecule has 26 heavy (non-hydrogen) atoms. The summed E-state index contributed by atoms with van der Waals surface area (Å²) in [4.78, 5) is 0. The highest BCUT2D eigenvalue weighted by Gasteiger charge is 2.38. The van der Waals surface area contributed by atoms with Crippen molar-refractivity contribution in [3.8, 4) is 11.8 Å². The molecule has 1 aliphatic heterocycles. The van der Waals surface area contributed by atoms with E-state index < -0.39 is 0 Å². The Bertz CT molecular complexity index is 857. The van der Waals surface area contributed by atoms with Gasteiger partial charge in [0.25, 0.3) is 0 Å². The van der Waals surface area contributed by atoms with Crippen LogP contribution >= 0.6 is 0 Å². The summed E-state index contributed by atoms with van der Waals surface area (Å²) in [5.41, 5.74) is 4.51. The van der Waals surface area contributed by atoms with Gasteiger partial charge in [-0.15, -0.1) is 0 Å². The van der Waals surface area contributed by atoms with Gasteiger partial charge in [-0.25, -0.2) is 0 Å². The van der Waals surface area contributed by atoms with Gasteiger partial charge in [0.15, 0.2) is 0 Å². The molecule has 0 atom stereocenters. The Kier molecular flexibility index (Phi) is 5.04. The average molecular weight is 340 g/mol. The lowest BCUT2D eigenvalue weighted by molar-refractivity contribution is -0.00783. The molecular formula is C25H24O. The minimum absolute atomic E-state index is 0.0767. The second kappa shape index (κ2) is 7.77. The highest BCUT2D eigenvalue weighted by Crippen LogP contribution is 2.42. The molecule has 1 spiro atoms. The molecule has 0 saturated heterocycles. The van der Waals surface area contributed by atoms with Gasteiger partial charge in [-0.05, 0) is 42.2 Å². The molecule has 4 rings (SSSR count). The van der Waals surface area contributed by atoms with Crippen LogP contribution in [-0.4, -0.2) is 12.2 Å². The van der Waals surface area contributed by atoms with Crippen LogP contribution in [0.25, 0.3) is 5.57 Å². The maximum absolute atomic E-state index is 6.21. The molecule has 1 heteroatoms. The second-order valence-electron chi connectivity index (χ2n) is 7.07. The summed E-state index contributed by atoms with van der Waals surface area (Å²) in [6.45, 7) is 0.722. The topological polar surface area (TPSA) is 9.23 Å². The van der Waals surface area contributed by atoms with E-state index >= 15 is 0 Å². The summed E-state index contributed by atoms with van der Waals surface area (Å²) in [5.74, 6) is 6.74. The van der Waals surface area contributed by atoms with Crippen LogP contribution in [0.1, 0.15) is 43.2 Å². The predicted molar refractivity (Wildman–Crippen MR) is 108 cm³/mol. The van der Waals surface area contributed by atoms with E-state index in [2.05, 4.69) is 60.4 Å². The van der Waals surface area contributed by atoms with Gasteiger partial charge in [0.2, 0.25) is 0 Å². The second-order valence-corrected chi connectivity index (χ2v) is 7.07. The largest absolute Gasteiger partial charge is 0.366 e. The van der Waals surface area contributed by atoms with Crippen molar-refractivity contribution in [1.82, 2.24) is 0 Å². The van der Waals surface area contributed by atoms with Crippen LogP contribution in [0.5, 0.6) is 0 Å². The fraction of sp³-hybridized carbons (Fsp3) is 0.280. The molecule has 0 radical (unpaired) electrons. The first-order valence-electron chi connectivity index (χ1n) is 9.55. The molecule has 1 heterocycles. The summed E-state index contributed by atoms with van der Waals surface area (Å²) < 4.78 is 6.21. The van der Waals surface area contributed by atoms with Gasteiger partial charge in [-0.1, -0.05) is 85.7 Å². The first-order valence-corrected chi connectivity index (χ1v) is 9.55. The lowest BCUT2D eigenvalue weighted by atomic mass is 9.79. The predicted octanol–water partition coefficient (Wildman–Crippen LogP) is 5.78. The zero-order valence-corrected chi connectivity index (χ0v) is 15.1. The van der Waals surface area contributed by atoms with E-state index in [0.717, 1.165) is 36.1 Å². The van der Waals surface area contributed by atoms with Crippen molar-refractivity contribution in [2.75, 3.05) is 6.61 Å². The summed E-state index contributed by atoms with van der Waals surface area (Å²) in [7, 11) is 0. The molecule has 1 saturated carbocycles. The third-order valence-corrected chi connectivity index (χ3v) is 5.35. The maximum atomic E-state index is 6.21. The number of rotatable bonds is 2. The van der Waals surface area contributed by atoms with Gasteiger partial charge < -0.3 is 4.74 Å². The number of ether oxygens (including phenoxy) is 1. The van der Waals surface area contributed by atoms with E-state index in [0.29, 0.717) is 0 Å². The molecule has 0 unspecified atom stereocenters. The third-order valence-electron chi connectivity index (χ3n) is 5.35. The van der Waals surface area contributed by atoms with Gasteiger partial charge in [-0.2, -0.15) is 0 Å². The standard InChI is InChI=1S/C25H24O/c1-4-10-21(11-5-1)14-15-23(22-12-6-2-7-13-22)20-24-16-19-26-25(24)17-8-3-9-18-25/h1-2,4-7,10-13,16,20H,3,8-9,17-19H2/b23-20-. The van der Waals surface area contributed by atoms with Crippen molar-refractivity contribution in [3.63, 3.8) is 0 Å². The van der Waals surface area contributed by atoms with Gasteiger partial charge in [0.05, 0.1) is 12.2 Å². The summed E-state index contributed by atoms with van der Waals surface area (Å²) >= 11 is 0. The minimum Gasteiger partial charge on any atom is -0.366 e. The fourth-order valence-corrected chi connectivity index (χ4v) is 3.93. The molecule has 1 fully saturated rings. The van der Waals surface area contributed by atoms with Gasteiger partial charge in [-0.3, -0.25) is 0 Å². The monoisotopic (exact) mass is 340 g/mol. The fourth-order valence-electron chi connectivity index (χ4n) is 3.93. The molecule has 2 aliphatic rings. The molecule has 2 aromatic carbocycles. The molecule has 2 aromatic rings. The van der Waals surface area contributed by atoms with Crippen LogP contribution in [0.4, 0.5) is 0 Å². The van der Waals surface area contributed by atoms with Crippen LogP contribution in [0.15, 0.2) is 78.4 Å². The van der Waals surface area contributed by atoms with E-state index in [4.69, 9.17) is 4.74 Å². The maximum Gasteiger partial charge on any atom is 0.0933 e. The van der Waals surface area contributed by atoms with Crippen molar-refractivity contribution in [1.29, 1.82) is 0 Å². The highest BCUT2D eigenvalue weighted by molar-refractivity contribution is 5.81. The Balaban J connectivity index is 1.71. The minimum atomic E-state index is -0.0767. The quantitative estimate of drug-likeness (QED) is 0.630. The molecule has 1 nitrogen and oxygen atoms in total. The Hall–Kier alpha value is -2.56. The van der Waals surface area contributed by atoms with E-state index in [1.165, 1.54) is 24.8 Å². The number of hydrogen-bond donors (Lipinski definition) is 0. The Labute approximate surface area is 156 Å². The van der Waals surface area contributed by atoms with Gasteiger partial charge >= 0.3 is 0 Å². The molecule has 0 amide bonds. The van der Waals surface area contributed by atoms with E-state index in [9.17, 15) is 0 Å². The van der Waals surface area contributed by atoms with Crippen LogP contribution in [0.2, 0.25) is 0 Å².